The third kappa shape index (κ3) is 3.03. The molecule has 6 nitrogen and oxygen atoms in total. The fourth-order valence-corrected chi connectivity index (χ4v) is 6.37. The second kappa shape index (κ2) is 8.32. The van der Waals surface area contributed by atoms with Gasteiger partial charge < -0.3 is 0 Å². The first-order valence-electron chi connectivity index (χ1n) is 13.8. The highest BCUT2D eigenvalue weighted by Gasteiger charge is 2.18. The van der Waals surface area contributed by atoms with Crippen molar-refractivity contribution in [1.29, 1.82) is 0 Å². The molecule has 3 heterocycles. The van der Waals surface area contributed by atoms with Crippen molar-refractivity contribution in [2.24, 2.45) is 0 Å². The summed E-state index contributed by atoms with van der Waals surface area (Å²) in [6, 6.07) is 37.9. The van der Waals surface area contributed by atoms with Gasteiger partial charge >= 0.3 is 0 Å². The number of aromatic nitrogens is 4. The summed E-state index contributed by atoms with van der Waals surface area (Å²) >= 11 is 0. The SMILES string of the molecule is O=c1c2ccccc2n2c3cc(-c4cccc(-c5cnc6c7ccccc7c7ccccc7c6n5)c4)ccc3c(=O)n12. The smallest absolute Gasteiger partial charge is 0.267 e. The molecule has 0 unspecified atom stereocenters. The van der Waals surface area contributed by atoms with Gasteiger partial charge in [-0.1, -0.05) is 84.9 Å². The van der Waals surface area contributed by atoms with Crippen LogP contribution >= 0.6 is 0 Å². The molecule has 0 saturated carbocycles. The summed E-state index contributed by atoms with van der Waals surface area (Å²) in [5, 5.41) is 5.52. The molecule has 9 aromatic rings. The number of rotatable bonds is 2. The van der Waals surface area contributed by atoms with E-state index in [1.54, 1.807) is 16.6 Å². The van der Waals surface area contributed by atoms with Crippen LogP contribution in [0, 0.1) is 0 Å². The van der Waals surface area contributed by atoms with E-state index in [9.17, 15) is 9.59 Å². The maximum absolute atomic E-state index is 13.2. The highest BCUT2D eigenvalue weighted by Crippen LogP contribution is 2.35. The van der Waals surface area contributed by atoms with Gasteiger partial charge in [-0.2, -0.15) is 4.52 Å². The topological polar surface area (TPSA) is 68.7 Å². The van der Waals surface area contributed by atoms with E-state index in [0.717, 1.165) is 49.6 Å². The number of hydrogen-bond acceptors (Lipinski definition) is 4. The second-order valence-electron chi connectivity index (χ2n) is 10.6. The number of para-hydroxylation sites is 1. The van der Waals surface area contributed by atoms with Crippen LogP contribution in [0.25, 0.3) is 76.8 Å². The van der Waals surface area contributed by atoms with E-state index in [1.165, 1.54) is 9.90 Å². The Morgan fingerprint density at radius 2 is 1.05 bits per heavy atom. The van der Waals surface area contributed by atoms with Crippen molar-refractivity contribution >= 4 is 54.4 Å². The first-order chi connectivity index (χ1) is 20.7. The first kappa shape index (κ1) is 22.9. The lowest BCUT2D eigenvalue weighted by Crippen LogP contribution is -2.21. The second-order valence-corrected chi connectivity index (χ2v) is 10.6. The molecular weight excluding hydrogens is 520 g/mol. The molecule has 0 atom stereocenters. The third-order valence-electron chi connectivity index (χ3n) is 8.32. The zero-order valence-electron chi connectivity index (χ0n) is 22.2. The Bertz CT molecular complexity index is 2650. The van der Waals surface area contributed by atoms with E-state index in [-0.39, 0.29) is 11.1 Å². The predicted octanol–water partition coefficient (Wildman–Crippen LogP) is 7.09. The average molecular weight is 541 g/mol. The van der Waals surface area contributed by atoms with Crippen LogP contribution in [-0.2, 0) is 0 Å². The Morgan fingerprint density at radius 3 is 1.81 bits per heavy atom. The van der Waals surface area contributed by atoms with Gasteiger partial charge in [-0.15, -0.1) is 0 Å². The lowest BCUT2D eigenvalue weighted by molar-refractivity contribution is 0.841. The summed E-state index contributed by atoms with van der Waals surface area (Å²) in [4.78, 5) is 36.2. The molecule has 6 aromatic carbocycles. The molecule has 0 saturated heterocycles. The molecule has 0 spiro atoms. The minimum atomic E-state index is -0.308. The molecule has 6 heteroatoms. The molecule has 0 amide bonds. The Morgan fingerprint density at radius 1 is 0.452 bits per heavy atom. The zero-order chi connectivity index (χ0) is 27.9. The molecule has 0 aliphatic rings. The minimum absolute atomic E-state index is 0.300. The van der Waals surface area contributed by atoms with Gasteiger partial charge in [-0.3, -0.25) is 14.6 Å². The molecule has 0 bridgehead atoms. The molecule has 9 rings (SSSR count). The Kier molecular flexibility index (Phi) is 4.53. The van der Waals surface area contributed by atoms with Crippen LogP contribution in [0.3, 0.4) is 0 Å². The quantitative estimate of drug-likeness (QED) is 0.220. The number of benzene rings is 6. The van der Waals surface area contributed by atoms with E-state index >= 15 is 0 Å². The van der Waals surface area contributed by atoms with Crippen molar-refractivity contribution in [1.82, 2.24) is 19.0 Å². The van der Waals surface area contributed by atoms with Crippen molar-refractivity contribution in [2.75, 3.05) is 0 Å². The first-order valence-corrected chi connectivity index (χ1v) is 13.8. The lowest BCUT2D eigenvalue weighted by Gasteiger charge is -2.11. The Labute approximate surface area is 237 Å². The molecule has 42 heavy (non-hydrogen) atoms. The van der Waals surface area contributed by atoms with Crippen molar-refractivity contribution < 1.29 is 0 Å². The summed E-state index contributed by atoms with van der Waals surface area (Å²) in [6.45, 7) is 0. The van der Waals surface area contributed by atoms with Crippen LogP contribution < -0.4 is 11.1 Å². The molecule has 196 valence electrons. The van der Waals surface area contributed by atoms with Gasteiger partial charge in [0.1, 0.15) is 0 Å². The molecule has 3 aromatic heterocycles. The van der Waals surface area contributed by atoms with E-state index in [2.05, 4.69) is 42.5 Å². The van der Waals surface area contributed by atoms with Gasteiger partial charge in [0.2, 0.25) is 0 Å². The fraction of sp³-hybridized carbons (Fsp3) is 0. The van der Waals surface area contributed by atoms with E-state index < -0.39 is 0 Å². The highest BCUT2D eigenvalue weighted by molar-refractivity contribution is 6.23. The van der Waals surface area contributed by atoms with E-state index in [1.807, 2.05) is 66.9 Å². The van der Waals surface area contributed by atoms with Crippen LogP contribution in [-0.4, -0.2) is 19.0 Å². The van der Waals surface area contributed by atoms with Crippen molar-refractivity contribution in [3.05, 3.63) is 142 Å². The number of nitrogens with zero attached hydrogens (tertiary/aromatic N) is 4. The molecule has 0 N–H and O–H groups in total. The molecule has 0 aliphatic heterocycles. The zero-order valence-corrected chi connectivity index (χ0v) is 22.2. The molecule has 0 aliphatic carbocycles. The minimum Gasteiger partial charge on any atom is -0.267 e. The summed E-state index contributed by atoms with van der Waals surface area (Å²) in [5.74, 6) is 0. The van der Waals surface area contributed by atoms with Crippen LogP contribution in [0.15, 0.2) is 131 Å². The van der Waals surface area contributed by atoms with Gasteiger partial charge in [0.05, 0.1) is 44.7 Å². The number of fused-ring (bicyclic) bond motifs is 11. The molecular formula is C36H20N4O2. The van der Waals surface area contributed by atoms with Crippen molar-refractivity contribution in [3.63, 3.8) is 0 Å². The largest absolute Gasteiger partial charge is 0.282 e. The number of hydrogen-bond donors (Lipinski definition) is 0. The molecule has 0 fully saturated rings. The summed E-state index contributed by atoms with van der Waals surface area (Å²) in [7, 11) is 0. The summed E-state index contributed by atoms with van der Waals surface area (Å²) in [6.07, 6.45) is 1.84. The van der Waals surface area contributed by atoms with Crippen molar-refractivity contribution in [2.45, 2.75) is 0 Å². The lowest BCUT2D eigenvalue weighted by atomic mass is 9.98. The van der Waals surface area contributed by atoms with E-state index in [4.69, 9.17) is 9.97 Å². The maximum Gasteiger partial charge on any atom is 0.282 e. The predicted molar refractivity (Wildman–Crippen MR) is 169 cm³/mol. The van der Waals surface area contributed by atoms with Crippen LogP contribution in [0.5, 0.6) is 0 Å². The standard InChI is InChI=1S/C36H20N4O2/c41-35-28-14-5-6-15-31(28)39-32-19-22(16-17-29(32)36(42)40(35)39)21-8-7-9-23(18-21)30-20-37-33-26-12-3-1-10-24(26)25-11-2-4-13-27(25)34(33)38-30/h1-20H. The van der Waals surface area contributed by atoms with Crippen LogP contribution in [0.1, 0.15) is 0 Å². The maximum atomic E-state index is 13.2. The Hall–Kier alpha value is -5.88. The van der Waals surface area contributed by atoms with Crippen LogP contribution in [0.2, 0.25) is 0 Å². The van der Waals surface area contributed by atoms with Gasteiger partial charge in [-0.25, -0.2) is 9.50 Å². The molecule has 0 radical (unpaired) electrons. The van der Waals surface area contributed by atoms with Gasteiger partial charge in [0, 0.05) is 16.3 Å². The van der Waals surface area contributed by atoms with Crippen molar-refractivity contribution in [3.8, 4) is 22.4 Å². The van der Waals surface area contributed by atoms with Gasteiger partial charge in [0.25, 0.3) is 11.1 Å². The van der Waals surface area contributed by atoms with Crippen LogP contribution in [0.4, 0.5) is 0 Å². The Balaban J connectivity index is 1.24. The van der Waals surface area contributed by atoms with Gasteiger partial charge in [-0.05, 0) is 52.2 Å². The summed E-state index contributed by atoms with van der Waals surface area (Å²) in [5.41, 5.74) is 6.21. The monoisotopic (exact) mass is 540 g/mol. The third-order valence-corrected chi connectivity index (χ3v) is 8.32. The highest BCUT2D eigenvalue weighted by atomic mass is 16.2. The van der Waals surface area contributed by atoms with E-state index in [0.29, 0.717) is 21.8 Å². The average Bonchev–Trinajstić information content (AvgIpc) is 3.52. The summed E-state index contributed by atoms with van der Waals surface area (Å²) < 4.78 is 2.96. The fourth-order valence-electron chi connectivity index (χ4n) is 6.37. The normalized spacial score (nSPS) is 12.0. The van der Waals surface area contributed by atoms with Gasteiger partial charge in [0.15, 0.2) is 0 Å².